The third kappa shape index (κ3) is 5.81. The molecule has 1 aromatic rings. The summed E-state index contributed by atoms with van der Waals surface area (Å²) in [4.78, 5) is 11.3. The Morgan fingerprint density at radius 2 is 1.48 bits per heavy atom. The van der Waals surface area contributed by atoms with Gasteiger partial charge in [0.1, 0.15) is 0 Å². The van der Waals surface area contributed by atoms with Gasteiger partial charge in [-0.05, 0) is 0 Å². The Hall–Kier alpha value is -0.511. The number of carbonyl (C=O) groups excluding carboxylic acids is 1. The summed E-state index contributed by atoms with van der Waals surface area (Å²) in [6.45, 7) is 6.86. The van der Waals surface area contributed by atoms with E-state index in [-0.39, 0.29) is 0 Å². The van der Waals surface area contributed by atoms with Gasteiger partial charge in [0.25, 0.3) is 0 Å². The van der Waals surface area contributed by atoms with Gasteiger partial charge in [0.05, 0.1) is 0 Å². The molecule has 0 radical (unpaired) electrons. The zero-order chi connectivity index (χ0) is 17.1. The Bertz CT molecular complexity index is 449. The SMILES string of the molecule is CCC[CH2][Sn]([CH2]CCC)([CH2]CCC)[c]1cc(C=O)ccc1OC. The van der Waals surface area contributed by atoms with Crippen LogP contribution in [0, 0.1) is 0 Å². The van der Waals surface area contributed by atoms with Gasteiger partial charge in [-0.2, -0.15) is 0 Å². The van der Waals surface area contributed by atoms with Gasteiger partial charge in [0, 0.05) is 0 Å². The van der Waals surface area contributed by atoms with Crippen molar-refractivity contribution in [3.8, 4) is 5.75 Å². The summed E-state index contributed by atoms with van der Waals surface area (Å²) in [5.74, 6) is 1.04. The van der Waals surface area contributed by atoms with Crippen molar-refractivity contribution in [3.63, 3.8) is 0 Å². The van der Waals surface area contributed by atoms with E-state index in [0.29, 0.717) is 0 Å². The van der Waals surface area contributed by atoms with Crippen LogP contribution in [-0.2, 0) is 0 Å². The zero-order valence-electron chi connectivity index (χ0n) is 15.5. The van der Waals surface area contributed by atoms with Crippen molar-refractivity contribution in [1.82, 2.24) is 0 Å². The maximum absolute atomic E-state index is 11.3. The van der Waals surface area contributed by atoms with Gasteiger partial charge in [-0.25, -0.2) is 0 Å². The maximum atomic E-state index is 11.3. The topological polar surface area (TPSA) is 26.3 Å². The van der Waals surface area contributed by atoms with Gasteiger partial charge in [-0.1, -0.05) is 0 Å². The Balaban J connectivity index is 3.34. The Kier molecular flexibility index (Phi) is 9.92. The molecule has 130 valence electrons. The summed E-state index contributed by atoms with van der Waals surface area (Å²) < 4.78 is 11.4. The average Bonchev–Trinajstić information content (AvgIpc) is 2.61. The molecule has 1 rings (SSSR count). The third-order valence-electron chi connectivity index (χ3n) is 4.96. The number of hydrogen-bond donors (Lipinski definition) is 0. The minimum absolute atomic E-state index is 0.811. The van der Waals surface area contributed by atoms with Crippen LogP contribution in [0.1, 0.15) is 69.7 Å². The van der Waals surface area contributed by atoms with E-state index in [0.717, 1.165) is 17.6 Å². The molecule has 0 aromatic heterocycles. The van der Waals surface area contributed by atoms with E-state index in [2.05, 4.69) is 26.8 Å². The van der Waals surface area contributed by atoms with E-state index < -0.39 is 18.4 Å². The Labute approximate surface area is 146 Å². The third-order valence-corrected chi connectivity index (χ3v) is 20.6. The van der Waals surface area contributed by atoms with Gasteiger partial charge in [-0.3, -0.25) is 0 Å². The predicted molar refractivity (Wildman–Crippen MR) is 103 cm³/mol. The minimum atomic E-state index is -2.54. The monoisotopic (exact) mass is 426 g/mol. The average molecular weight is 425 g/mol. The van der Waals surface area contributed by atoms with Gasteiger partial charge in [-0.15, -0.1) is 0 Å². The first-order chi connectivity index (χ1) is 11.2. The van der Waals surface area contributed by atoms with Crippen LogP contribution >= 0.6 is 0 Å². The molecule has 0 N–H and O–H groups in total. The fourth-order valence-electron chi connectivity index (χ4n) is 3.54. The van der Waals surface area contributed by atoms with Gasteiger partial charge >= 0.3 is 147 Å². The molecule has 0 aliphatic rings. The van der Waals surface area contributed by atoms with Crippen LogP contribution in [0.5, 0.6) is 5.75 Å². The number of unbranched alkanes of at least 4 members (excludes halogenated alkanes) is 3. The summed E-state index contributed by atoms with van der Waals surface area (Å²) in [6, 6.07) is 6.09. The molecular weight excluding hydrogens is 391 g/mol. The van der Waals surface area contributed by atoms with E-state index in [1.165, 1.54) is 55.4 Å². The number of aldehydes is 1. The summed E-state index contributed by atoms with van der Waals surface area (Å²) >= 11 is -2.54. The zero-order valence-corrected chi connectivity index (χ0v) is 18.3. The molecule has 0 aliphatic carbocycles. The van der Waals surface area contributed by atoms with Gasteiger partial charge in [0.15, 0.2) is 0 Å². The summed E-state index contributed by atoms with van der Waals surface area (Å²) in [7, 11) is 1.77. The fraction of sp³-hybridized carbons (Fsp3) is 0.650. The molecule has 0 saturated carbocycles. The van der Waals surface area contributed by atoms with Gasteiger partial charge in [0.2, 0.25) is 0 Å². The molecule has 2 nitrogen and oxygen atoms in total. The number of carbonyl (C=O) groups is 1. The fourth-order valence-corrected chi connectivity index (χ4v) is 20.2. The molecule has 0 fully saturated rings. The summed E-state index contributed by atoms with van der Waals surface area (Å²) in [5.41, 5.74) is 0.811. The molecule has 0 saturated heterocycles. The first-order valence-electron chi connectivity index (χ1n) is 9.31. The Morgan fingerprint density at radius 1 is 0.957 bits per heavy atom. The van der Waals surface area contributed by atoms with Crippen molar-refractivity contribution < 1.29 is 9.53 Å². The summed E-state index contributed by atoms with van der Waals surface area (Å²) in [5, 5.41) is 0. The van der Waals surface area contributed by atoms with Crippen molar-refractivity contribution in [2.75, 3.05) is 7.11 Å². The first kappa shape index (κ1) is 20.5. The van der Waals surface area contributed by atoms with Crippen LogP contribution in [0.15, 0.2) is 18.2 Å². The van der Waals surface area contributed by atoms with Crippen LogP contribution in [0.25, 0.3) is 0 Å². The van der Waals surface area contributed by atoms with Crippen molar-refractivity contribution in [3.05, 3.63) is 23.8 Å². The van der Waals surface area contributed by atoms with Crippen LogP contribution in [0.3, 0.4) is 0 Å². The van der Waals surface area contributed by atoms with Crippen LogP contribution in [-0.4, -0.2) is 31.8 Å². The molecular formula is C20H34O2Sn. The number of ether oxygens (including phenoxy) is 1. The molecule has 0 amide bonds. The number of benzene rings is 1. The first-order valence-corrected chi connectivity index (χ1v) is 16.8. The van der Waals surface area contributed by atoms with Crippen LogP contribution < -0.4 is 8.32 Å². The normalized spacial score (nSPS) is 11.5. The molecule has 0 spiro atoms. The molecule has 0 heterocycles. The second-order valence-electron chi connectivity index (χ2n) is 6.67. The second-order valence-corrected chi connectivity index (χ2v) is 19.8. The van der Waals surface area contributed by atoms with Crippen molar-refractivity contribution in [2.24, 2.45) is 0 Å². The van der Waals surface area contributed by atoms with Crippen LogP contribution in [0.4, 0.5) is 0 Å². The molecule has 3 heteroatoms. The van der Waals surface area contributed by atoms with E-state index in [4.69, 9.17) is 4.74 Å². The quantitative estimate of drug-likeness (QED) is 0.324. The van der Waals surface area contributed by atoms with E-state index >= 15 is 0 Å². The summed E-state index contributed by atoms with van der Waals surface area (Å²) in [6.07, 6.45) is 8.71. The molecule has 1 aromatic carbocycles. The predicted octanol–water partition coefficient (Wildman–Crippen LogP) is 5.56. The van der Waals surface area contributed by atoms with E-state index in [1.54, 1.807) is 7.11 Å². The standard InChI is InChI=1S/C8H7O2.3C4H9.Sn/c1-10-8-4-2-7(6-9)3-5-8;3*1-3-4-2;/h2-4,6H,1H3;3*1,3-4H2,2H3;. The van der Waals surface area contributed by atoms with E-state index in [1.807, 2.05) is 12.1 Å². The Morgan fingerprint density at radius 3 is 1.87 bits per heavy atom. The van der Waals surface area contributed by atoms with Crippen LogP contribution in [0.2, 0.25) is 13.3 Å². The van der Waals surface area contributed by atoms with Crippen molar-refractivity contribution in [2.45, 2.75) is 72.6 Å². The molecule has 0 atom stereocenters. The molecule has 0 unspecified atom stereocenters. The molecule has 0 bridgehead atoms. The number of methoxy groups -OCH3 is 1. The number of rotatable bonds is 12. The number of hydrogen-bond acceptors (Lipinski definition) is 2. The molecule has 23 heavy (non-hydrogen) atoms. The van der Waals surface area contributed by atoms with Crippen molar-refractivity contribution >= 4 is 28.2 Å². The van der Waals surface area contributed by atoms with E-state index in [9.17, 15) is 4.79 Å². The second kappa shape index (κ2) is 11.1. The molecule has 0 aliphatic heterocycles. The van der Waals surface area contributed by atoms with Gasteiger partial charge < -0.3 is 0 Å². The van der Waals surface area contributed by atoms with Crippen molar-refractivity contribution in [1.29, 1.82) is 0 Å².